The summed E-state index contributed by atoms with van der Waals surface area (Å²) in [5, 5.41) is 16.3. The third-order valence-corrected chi connectivity index (χ3v) is 4.19. The lowest BCUT2D eigenvalue weighted by Crippen LogP contribution is -2.38. The van der Waals surface area contributed by atoms with Gasteiger partial charge in [-0.1, -0.05) is 25.9 Å². The second-order valence-corrected chi connectivity index (χ2v) is 7.95. The summed E-state index contributed by atoms with van der Waals surface area (Å²) in [7, 11) is 0. The summed E-state index contributed by atoms with van der Waals surface area (Å²) < 4.78 is 5.40. The lowest BCUT2D eigenvalue weighted by atomic mass is 9.89. The largest absolute Gasteiger partial charge is 0.480 e. The first-order chi connectivity index (χ1) is 11.7. The van der Waals surface area contributed by atoms with Gasteiger partial charge < -0.3 is 14.9 Å². The fraction of sp³-hybridized carbons (Fsp3) is 0.556. The van der Waals surface area contributed by atoms with Crippen LogP contribution in [0.3, 0.4) is 0 Å². The molecule has 0 aromatic carbocycles. The van der Waals surface area contributed by atoms with E-state index in [0.717, 1.165) is 18.5 Å². The molecule has 3 rings (SSSR count). The molecule has 1 amide bonds. The van der Waals surface area contributed by atoms with Gasteiger partial charge in [0, 0.05) is 11.6 Å². The number of carboxylic acid groups (broad SMARTS) is 1. The number of aromatic nitrogens is 2. The zero-order chi connectivity index (χ0) is 18.4. The lowest BCUT2D eigenvalue weighted by Gasteiger charge is -2.16. The van der Waals surface area contributed by atoms with Crippen LogP contribution in [0.1, 0.15) is 68.2 Å². The van der Waals surface area contributed by atoms with Crippen molar-refractivity contribution < 1.29 is 19.2 Å². The molecule has 7 heteroatoms. The molecule has 7 nitrogen and oxygen atoms in total. The van der Waals surface area contributed by atoms with Crippen LogP contribution >= 0.6 is 0 Å². The van der Waals surface area contributed by atoms with E-state index in [4.69, 9.17) is 9.63 Å². The average Bonchev–Trinajstić information content (AvgIpc) is 3.28. The topological polar surface area (TPSA) is 105 Å². The molecule has 2 N–H and O–H groups in total. The number of carbonyl (C=O) groups is 2. The van der Waals surface area contributed by atoms with E-state index in [1.807, 2.05) is 0 Å². The third-order valence-electron chi connectivity index (χ3n) is 4.19. The fourth-order valence-electron chi connectivity index (χ4n) is 2.76. The standard InChI is InChI=1S/C18H23N3O4/c1-9(17(23)24)19-15(22)11-7-12(10-5-6-10)20-16-14(11)13(21-25-16)8-18(2,3)4/h7,9-10H,5-6,8H2,1-4H3,(H,19,22)(H,23,24)/t9-/m1/s1. The van der Waals surface area contributed by atoms with E-state index in [9.17, 15) is 9.59 Å². The first-order valence-electron chi connectivity index (χ1n) is 8.48. The van der Waals surface area contributed by atoms with Crippen LogP contribution in [0.4, 0.5) is 0 Å². The minimum atomic E-state index is -1.08. The first-order valence-corrected chi connectivity index (χ1v) is 8.48. The molecule has 0 bridgehead atoms. The minimum Gasteiger partial charge on any atom is -0.480 e. The van der Waals surface area contributed by atoms with E-state index in [1.54, 1.807) is 6.07 Å². The molecular weight excluding hydrogens is 322 g/mol. The predicted molar refractivity (Wildman–Crippen MR) is 91.5 cm³/mol. The number of hydrogen-bond acceptors (Lipinski definition) is 5. The maximum Gasteiger partial charge on any atom is 0.325 e. The summed E-state index contributed by atoms with van der Waals surface area (Å²) in [4.78, 5) is 28.3. The van der Waals surface area contributed by atoms with E-state index >= 15 is 0 Å². The molecule has 0 unspecified atom stereocenters. The second kappa shape index (κ2) is 6.13. The highest BCUT2D eigenvalue weighted by atomic mass is 16.5. The quantitative estimate of drug-likeness (QED) is 0.863. The molecule has 1 aliphatic carbocycles. The van der Waals surface area contributed by atoms with Crippen molar-refractivity contribution in [3.8, 4) is 0 Å². The fourth-order valence-corrected chi connectivity index (χ4v) is 2.76. The Morgan fingerprint density at radius 1 is 1.40 bits per heavy atom. The van der Waals surface area contributed by atoms with Crippen LogP contribution in [0.25, 0.3) is 11.1 Å². The first kappa shape index (κ1) is 17.4. The van der Waals surface area contributed by atoms with Gasteiger partial charge in [0.25, 0.3) is 11.6 Å². The number of fused-ring (bicyclic) bond motifs is 1. The lowest BCUT2D eigenvalue weighted by molar-refractivity contribution is -0.138. The van der Waals surface area contributed by atoms with Gasteiger partial charge in [-0.3, -0.25) is 9.59 Å². The normalized spacial score (nSPS) is 16.0. The number of nitrogens with one attached hydrogen (secondary N) is 1. The molecule has 1 saturated carbocycles. The smallest absolute Gasteiger partial charge is 0.325 e. The Bertz CT molecular complexity index is 831. The Morgan fingerprint density at radius 3 is 2.64 bits per heavy atom. The molecule has 0 aliphatic heterocycles. The van der Waals surface area contributed by atoms with Crippen molar-refractivity contribution in [1.82, 2.24) is 15.5 Å². The van der Waals surface area contributed by atoms with Crippen LogP contribution in [-0.2, 0) is 11.2 Å². The maximum atomic E-state index is 12.7. The van der Waals surface area contributed by atoms with Crippen LogP contribution in [-0.4, -0.2) is 33.2 Å². The summed E-state index contributed by atoms with van der Waals surface area (Å²) in [5.41, 5.74) is 2.17. The van der Waals surface area contributed by atoms with Crippen LogP contribution in [0, 0.1) is 5.41 Å². The van der Waals surface area contributed by atoms with Crippen molar-refractivity contribution in [2.24, 2.45) is 5.41 Å². The summed E-state index contributed by atoms with van der Waals surface area (Å²) in [6, 6.07) is 0.777. The Hall–Kier alpha value is -2.44. The van der Waals surface area contributed by atoms with Crippen LogP contribution in [0.2, 0.25) is 0 Å². The Morgan fingerprint density at radius 2 is 2.08 bits per heavy atom. The summed E-state index contributed by atoms with van der Waals surface area (Å²) in [6.45, 7) is 7.66. The van der Waals surface area contributed by atoms with Gasteiger partial charge in [0.1, 0.15) is 6.04 Å². The number of hydrogen-bond donors (Lipinski definition) is 2. The molecule has 134 valence electrons. The van der Waals surface area contributed by atoms with E-state index in [-0.39, 0.29) is 5.41 Å². The van der Waals surface area contributed by atoms with Gasteiger partial charge in [-0.05, 0) is 37.7 Å². The van der Waals surface area contributed by atoms with E-state index in [2.05, 4.69) is 36.2 Å². The zero-order valence-corrected chi connectivity index (χ0v) is 14.9. The molecule has 0 saturated heterocycles. The van der Waals surface area contributed by atoms with Crippen LogP contribution in [0.15, 0.2) is 10.6 Å². The number of amides is 1. The molecule has 25 heavy (non-hydrogen) atoms. The van der Waals surface area contributed by atoms with Crippen molar-refractivity contribution in [2.75, 3.05) is 0 Å². The summed E-state index contributed by atoms with van der Waals surface area (Å²) in [5.74, 6) is -1.19. The molecule has 2 aromatic heterocycles. The monoisotopic (exact) mass is 345 g/mol. The van der Waals surface area contributed by atoms with Crippen molar-refractivity contribution in [3.05, 3.63) is 23.0 Å². The number of nitrogens with zero attached hydrogens (tertiary/aromatic N) is 2. The molecular formula is C18H23N3O4. The zero-order valence-electron chi connectivity index (χ0n) is 14.9. The number of rotatable bonds is 5. The second-order valence-electron chi connectivity index (χ2n) is 7.95. The van der Waals surface area contributed by atoms with Gasteiger partial charge in [-0.15, -0.1) is 0 Å². The van der Waals surface area contributed by atoms with Gasteiger partial charge >= 0.3 is 5.97 Å². The maximum absolute atomic E-state index is 12.7. The van der Waals surface area contributed by atoms with E-state index < -0.39 is 17.9 Å². The number of carbonyl (C=O) groups excluding carboxylic acids is 1. The Kier molecular flexibility index (Phi) is 4.26. The van der Waals surface area contributed by atoms with Gasteiger partial charge in [0.2, 0.25) is 0 Å². The molecule has 1 fully saturated rings. The third kappa shape index (κ3) is 3.81. The Labute approximate surface area is 145 Å². The molecule has 1 atom stereocenters. The minimum absolute atomic E-state index is 0.0406. The highest BCUT2D eigenvalue weighted by Gasteiger charge is 2.30. The van der Waals surface area contributed by atoms with Crippen molar-refractivity contribution >= 4 is 23.0 Å². The number of pyridine rings is 1. The van der Waals surface area contributed by atoms with Crippen molar-refractivity contribution in [3.63, 3.8) is 0 Å². The van der Waals surface area contributed by atoms with Crippen LogP contribution in [0.5, 0.6) is 0 Å². The van der Waals surface area contributed by atoms with Gasteiger partial charge in [0.05, 0.1) is 16.6 Å². The van der Waals surface area contributed by atoms with Gasteiger partial charge in [0.15, 0.2) is 0 Å². The summed E-state index contributed by atoms with van der Waals surface area (Å²) >= 11 is 0. The summed E-state index contributed by atoms with van der Waals surface area (Å²) in [6.07, 6.45) is 2.70. The molecule has 0 spiro atoms. The van der Waals surface area contributed by atoms with Gasteiger partial charge in [-0.25, -0.2) is 4.98 Å². The van der Waals surface area contributed by atoms with Gasteiger partial charge in [-0.2, -0.15) is 0 Å². The van der Waals surface area contributed by atoms with Crippen molar-refractivity contribution in [2.45, 2.75) is 58.9 Å². The average molecular weight is 345 g/mol. The molecule has 0 radical (unpaired) electrons. The highest BCUT2D eigenvalue weighted by molar-refractivity contribution is 6.07. The molecule has 1 aliphatic rings. The molecule has 2 aromatic rings. The van der Waals surface area contributed by atoms with E-state index in [1.165, 1.54) is 6.92 Å². The predicted octanol–water partition coefficient (Wildman–Crippen LogP) is 2.89. The Balaban J connectivity index is 2.07. The van der Waals surface area contributed by atoms with Crippen molar-refractivity contribution in [1.29, 1.82) is 0 Å². The van der Waals surface area contributed by atoms with Crippen LogP contribution < -0.4 is 5.32 Å². The number of aliphatic carboxylic acids is 1. The molecule has 2 heterocycles. The highest BCUT2D eigenvalue weighted by Crippen LogP contribution is 2.40. The van der Waals surface area contributed by atoms with E-state index in [0.29, 0.717) is 34.7 Å². The SMILES string of the molecule is C[C@@H](NC(=O)c1cc(C2CC2)nc2onc(CC(C)(C)C)c12)C(=O)O. The number of carboxylic acids is 1.